The number of carbonyl (C=O) groups is 2. The van der Waals surface area contributed by atoms with Crippen LogP contribution in [0.4, 0.5) is 5.69 Å². The average Bonchev–Trinajstić information content (AvgIpc) is 3.65. The van der Waals surface area contributed by atoms with Gasteiger partial charge in [-0.3, -0.25) is 24.7 Å². The number of pyridine rings is 3. The first kappa shape index (κ1) is 24.6. The summed E-state index contributed by atoms with van der Waals surface area (Å²) in [7, 11) is 0. The van der Waals surface area contributed by atoms with E-state index in [1.54, 1.807) is 31.7 Å². The molecule has 0 bridgehead atoms. The van der Waals surface area contributed by atoms with E-state index >= 15 is 0 Å². The highest BCUT2D eigenvalue weighted by molar-refractivity contribution is 7.17. The van der Waals surface area contributed by atoms with Crippen molar-refractivity contribution in [3.63, 3.8) is 0 Å². The molecular formula is C29H25N7O2S. The van der Waals surface area contributed by atoms with E-state index in [0.29, 0.717) is 22.6 Å². The lowest BCUT2D eigenvalue weighted by molar-refractivity contribution is -0.116. The molecule has 3 N–H and O–H groups in total. The summed E-state index contributed by atoms with van der Waals surface area (Å²) in [5.74, 6) is 0.272. The van der Waals surface area contributed by atoms with Gasteiger partial charge >= 0.3 is 0 Å². The van der Waals surface area contributed by atoms with Crippen LogP contribution in [0.5, 0.6) is 0 Å². The molecule has 0 saturated heterocycles. The maximum Gasteiger partial charge on any atom is 0.224 e. The molecule has 6 aromatic rings. The van der Waals surface area contributed by atoms with Crippen LogP contribution in [0.2, 0.25) is 0 Å². The Morgan fingerprint density at radius 3 is 2.64 bits per heavy atom. The van der Waals surface area contributed by atoms with Crippen molar-refractivity contribution in [2.45, 2.75) is 27.2 Å². The number of ketones is 1. The molecular weight excluding hydrogens is 510 g/mol. The van der Waals surface area contributed by atoms with E-state index in [1.165, 1.54) is 11.3 Å². The second-order valence-electron chi connectivity index (χ2n) is 9.83. The number of aromatic nitrogens is 6. The Balaban J connectivity index is 1.37. The minimum absolute atomic E-state index is 0.0395. The van der Waals surface area contributed by atoms with E-state index in [1.807, 2.05) is 50.2 Å². The molecule has 0 atom stereocenters. The number of rotatable bonds is 7. The van der Waals surface area contributed by atoms with E-state index in [9.17, 15) is 9.59 Å². The molecule has 6 rings (SSSR count). The zero-order valence-electron chi connectivity index (χ0n) is 21.6. The fraction of sp³-hybridized carbons (Fsp3) is 0.172. The number of anilines is 1. The number of amides is 1. The van der Waals surface area contributed by atoms with Gasteiger partial charge in [0.15, 0.2) is 11.4 Å². The Kier molecular flexibility index (Phi) is 6.24. The number of carbonyl (C=O) groups excluding carboxylic acids is 2. The summed E-state index contributed by atoms with van der Waals surface area (Å²) >= 11 is 1.44. The summed E-state index contributed by atoms with van der Waals surface area (Å²) in [6.45, 7) is 5.59. The lowest BCUT2D eigenvalue weighted by Crippen LogP contribution is -2.13. The molecule has 0 spiro atoms. The van der Waals surface area contributed by atoms with Crippen molar-refractivity contribution in [1.29, 1.82) is 0 Å². The van der Waals surface area contributed by atoms with Crippen LogP contribution in [0.15, 0.2) is 61.2 Å². The molecule has 0 radical (unpaired) electrons. The third-order valence-corrected chi connectivity index (χ3v) is 7.56. The molecule has 6 heterocycles. The highest BCUT2D eigenvalue weighted by atomic mass is 32.1. The van der Waals surface area contributed by atoms with Gasteiger partial charge in [0.2, 0.25) is 5.91 Å². The molecule has 0 aliphatic heterocycles. The number of nitrogens with zero attached hydrogens (tertiary/aromatic N) is 4. The monoisotopic (exact) mass is 535 g/mol. The summed E-state index contributed by atoms with van der Waals surface area (Å²) in [5, 5.41) is 12.3. The van der Waals surface area contributed by atoms with E-state index in [4.69, 9.17) is 0 Å². The number of hydrogen-bond donors (Lipinski definition) is 3. The standard InChI is InChI=1S/C29H25N7O2S/c1-15(2)8-26(38)33-19-9-17(12-30-14-19)18-10-21-27(35-36-29(21)32-13-18)23-11-20-22(34-23)6-7-31-28(20)25-5-4-24(39-25)16(3)37/h4-7,9-15,34H,8H2,1-3H3,(H,33,38)(H,32,35,36). The predicted octanol–water partition coefficient (Wildman–Crippen LogP) is 6.48. The number of aromatic amines is 2. The normalized spacial score (nSPS) is 11.5. The zero-order valence-corrected chi connectivity index (χ0v) is 22.4. The first-order valence-electron chi connectivity index (χ1n) is 12.5. The Morgan fingerprint density at radius 1 is 1.00 bits per heavy atom. The number of H-pyrrole nitrogens is 2. The van der Waals surface area contributed by atoms with Gasteiger partial charge in [-0.1, -0.05) is 13.8 Å². The van der Waals surface area contributed by atoms with Crippen LogP contribution in [0, 0.1) is 5.92 Å². The third-order valence-electron chi connectivity index (χ3n) is 6.36. The van der Waals surface area contributed by atoms with Crippen LogP contribution in [-0.2, 0) is 4.79 Å². The lowest BCUT2D eigenvalue weighted by Gasteiger charge is -2.08. The summed E-state index contributed by atoms with van der Waals surface area (Å²) in [6.07, 6.45) is 7.34. The maximum absolute atomic E-state index is 12.2. The van der Waals surface area contributed by atoms with Crippen molar-refractivity contribution in [2.24, 2.45) is 5.92 Å². The zero-order chi connectivity index (χ0) is 27.1. The maximum atomic E-state index is 12.2. The lowest BCUT2D eigenvalue weighted by atomic mass is 10.1. The summed E-state index contributed by atoms with van der Waals surface area (Å²) in [6, 6.07) is 11.6. The average molecular weight is 536 g/mol. The number of nitrogens with one attached hydrogen (secondary N) is 3. The quantitative estimate of drug-likeness (QED) is 0.201. The first-order valence-corrected chi connectivity index (χ1v) is 13.4. The van der Waals surface area contributed by atoms with Gasteiger partial charge in [0.25, 0.3) is 0 Å². The van der Waals surface area contributed by atoms with Crippen molar-refractivity contribution >= 4 is 50.7 Å². The molecule has 10 heteroatoms. The van der Waals surface area contributed by atoms with E-state index in [-0.39, 0.29) is 17.6 Å². The molecule has 1 amide bonds. The van der Waals surface area contributed by atoms with Gasteiger partial charge in [0, 0.05) is 52.4 Å². The van der Waals surface area contributed by atoms with Gasteiger partial charge < -0.3 is 10.3 Å². The number of hydrogen-bond acceptors (Lipinski definition) is 7. The fourth-order valence-corrected chi connectivity index (χ4v) is 5.46. The second kappa shape index (κ2) is 9.88. The Labute approximate surface area is 227 Å². The van der Waals surface area contributed by atoms with Gasteiger partial charge in [-0.15, -0.1) is 11.3 Å². The number of fused-ring (bicyclic) bond motifs is 2. The Bertz CT molecular complexity index is 1860. The van der Waals surface area contributed by atoms with Gasteiger partial charge in [0.1, 0.15) is 0 Å². The minimum atomic E-state index is -0.0395. The highest BCUT2D eigenvalue weighted by Gasteiger charge is 2.17. The molecule has 194 valence electrons. The molecule has 39 heavy (non-hydrogen) atoms. The van der Waals surface area contributed by atoms with Crippen LogP contribution in [0.25, 0.3) is 55.0 Å². The largest absolute Gasteiger partial charge is 0.353 e. The number of thiophene rings is 1. The first-order chi connectivity index (χ1) is 18.9. The van der Waals surface area contributed by atoms with Crippen LogP contribution in [-0.4, -0.2) is 41.8 Å². The van der Waals surface area contributed by atoms with Crippen LogP contribution in [0.3, 0.4) is 0 Å². The van der Waals surface area contributed by atoms with Gasteiger partial charge in [-0.05, 0) is 49.2 Å². The molecule has 0 aliphatic rings. The van der Waals surface area contributed by atoms with E-state index in [2.05, 4.69) is 35.5 Å². The van der Waals surface area contributed by atoms with Crippen molar-refractivity contribution in [1.82, 2.24) is 30.1 Å². The molecule has 0 fully saturated rings. The third kappa shape index (κ3) is 4.82. The Hall–Kier alpha value is -4.70. The van der Waals surface area contributed by atoms with Crippen LogP contribution < -0.4 is 5.32 Å². The van der Waals surface area contributed by atoms with Crippen molar-refractivity contribution in [3.8, 4) is 33.1 Å². The van der Waals surface area contributed by atoms with Crippen LogP contribution >= 0.6 is 11.3 Å². The van der Waals surface area contributed by atoms with Crippen molar-refractivity contribution < 1.29 is 9.59 Å². The van der Waals surface area contributed by atoms with Crippen molar-refractivity contribution in [2.75, 3.05) is 5.32 Å². The predicted molar refractivity (Wildman–Crippen MR) is 154 cm³/mol. The smallest absolute Gasteiger partial charge is 0.224 e. The van der Waals surface area contributed by atoms with E-state index < -0.39 is 0 Å². The van der Waals surface area contributed by atoms with Gasteiger partial charge in [-0.25, -0.2) is 4.98 Å². The topological polar surface area (TPSA) is 129 Å². The summed E-state index contributed by atoms with van der Waals surface area (Å²) < 4.78 is 0. The van der Waals surface area contributed by atoms with Gasteiger partial charge in [0.05, 0.1) is 38.7 Å². The molecule has 0 aliphatic carbocycles. The SMILES string of the molecule is CC(=O)c1ccc(-c2nccc3[nH]c(-c4[nH]nc5ncc(-c6cncc(NC(=O)CC(C)C)c6)cc45)cc23)s1. The molecule has 6 aromatic heterocycles. The van der Waals surface area contributed by atoms with Crippen LogP contribution in [0.1, 0.15) is 36.9 Å². The highest BCUT2D eigenvalue weighted by Crippen LogP contribution is 2.36. The summed E-state index contributed by atoms with van der Waals surface area (Å²) in [4.78, 5) is 42.7. The molecule has 0 saturated carbocycles. The molecule has 9 nitrogen and oxygen atoms in total. The molecule has 0 unspecified atom stereocenters. The number of Topliss-reactive ketones (excluding diaryl/α,β-unsaturated/α-hetero) is 1. The van der Waals surface area contributed by atoms with E-state index in [0.717, 1.165) is 49.4 Å². The minimum Gasteiger partial charge on any atom is -0.353 e. The summed E-state index contributed by atoms with van der Waals surface area (Å²) in [5.41, 5.74) is 6.30. The second-order valence-corrected chi connectivity index (χ2v) is 10.9. The Morgan fingerprint density at radius 2 is 1.85 bits per heavy atom. The molecule has 0 aromatic carbocycles. The van der Waals surface area contributed by atoms with Gasteiger partial charge in [-0.2, -0.15) is 5.10 Å². The fourth-order valence-electron chi connectivity index (χ4n) is 4.55. The van der Waals surface area contributed by atoms with Crippen molar-refractivity contribution in [3.05, 3.63) is 66.1 Å².